The highest BCUT2D eigenvalue weighted by atomic mass is 32.2. The summed E-state index contributed by atoms with van der Waals surface area (Å²) >= 11 is 3.17. The lowest BCUT2D eigenvalue weighted by atomic mass is 10.3. The van der Waals surface area contributed by atoms with Gasteiger partial charge in [0.15, 0.2) is 0 Å². The Labute approximate surface area is 100 Å². The van der Waals surface area contributed by atoms with Crippen LogP contribution in [-0.2, 0) is 0 Å². The highest BCUT2D eigenvalue weighted by molar-refractivity contribution is 8.01. The SMILES string of the molecule is Nc1cc(Sc2cccs2)ccc1[N+](=O)[O-]. The monoisotopic (exact) mass is 252 g/mol. The molecule has 16 heavy (non-hydrogen) atoms. The average molecular weight is 252 g/mol. The van der Waals surface area contributed by atoms with Gasteiger partial charge < -0.3 is 5.73 Å². The van der Waals surface area contributed by atoms with Crippen LogP contribution in [0.1, 0.15) is 0 Å². The standard InChI is InChI=1S/C10H8N2O2S2/c11-8-6-7(3-4-9(8)12(13)14)16-10-2-1-5-15-10/h1-6H,11H2. The molecule has 0 spiro atoms. The highest BCUT2D eigenvalue weighted by Crippen LogP contribution is 2.34. The Morgan fingerprint density at radius 3 is 2.75 bits per heavy atom. The first-order valence-corrected chi connectivity index (χ1v) is 6.12. The summed E-state index contributed by atoms with van der Waals surface area (Å²) in [6.45, 7) is 0. The molecule has 4 nitrogen and oxygen atoms in total. The molecule has 0 saturated carbocycles. The molecule has 2 rings (SSSR count). The molecule has 2 N–H and O–H groups in total. The van der Waals surface area contributed by atoms with Crippen LogP contribution in [0.5, 0.6) is 0 Å². The van der Waals surface area contributed by atoms with Crippen molar-refractivity contribution in [2.75, 3.05) is 5.73 Å². The van der Waals surface area contributed by atoms with E-state index in [1.54, 1.807) is 35.2 Å². The van der Waals surface area contributed by atoms with Crippen molar-refractivity contribution in [3.8, 4) is 0 Å². The van der Waals surface area contributed by atoms with Crippen molar-refractivity contribution in [2.45, 2.75) is 9.10 Å². The Morgan fingerprint density at radius 2 is 2.19 bits per heavy atom. The normalized spacial score (nSPS) is 10.2. The Hall–Kier alpha value is -1.53. The maximum atomic E-state index is 10.6. The number of benzene rings is 1. The summed E-state index contributed by atoms with van der Waals surface area (Å²) in [5.74, 6) is 0. The molecule has 0 atom stereocenters. The van der Waals surface area contributed by atoms with Gasteiger partial charge in [-0.1, -0.05) is 17.8 Å². The molecule has 1 aromatic heterocycles. The van der Waals surface area contributed by atoms with Crippen LogP contribution in [0.4, 0.5) is 11.4 Å². The van der Waals surface area contributed by atoms with Crippen LogP contribution in [0.15, 0.2) is 44.8 Å². The number of nitro groups is 1. The zero-order valence-electron chi connectivity index (χ0n) is 8.12. The molecule has 82 valence electrons. The van der Waals surface area contributed by atoms with Gasteiger partial charge in [-0.3, -0.25) is 10.1 Å². The van der Waals surface area contributed by atoms with E-state index < -0.39 is 4.92 Å². The van der Waals surface area contributed by atoms with Gasteiger partial charge in [-0.2, -0.15) is 0 Å². The molecule has 6 heteroatoms. The van der Waals surface area contributed by atoms with E-state index in [2.05, 4.69) is 0 Å². The lowest BCUT2D eigenvalue weighted by Crippen LogP contribution is -1.95. The van der Waals surface area contributed by atoms with Gasteiger partial charge in [0.25, 0.3) is 5.69 Å². The summed E-state index contributed by atoms with van der Waals surface area (Å²) in [5.41, 5.74) is 5.75. The first kappa shape index (κ1) is 11.0. The highest BCUT2D eigenvalue weighted by Gasteiger charge is 2.11. The van der Waals surface area contributed by atoms with E-state index in [0.717, 1.165) is 9.10 Å². The first-order valence-electron chi connectivity index (χ1n) is 4.42. The third-order valence-corrected chi connectivity index (χ3v) is 3.94. The Bertz CT molecular complexity index is 512. The number of thiophene rings is 1. The minimum atomic E-state index is -0.477. The number of nitrogens with two attached hydrogens (primary N) is 1. The average Bonchev–Trinajstić information content (AvgIpc) is 2.70. The second kappa shape index (κ2) is 4.54. The van der Waals surface area contributed by atoms with E-state index in [1.807, 2.05) is 17.5 Å². The fraction of sp³-hybridized carbons (Fsp3) is 0. The second-order valence-electron chi connectivity index (χ2n) is 3.01. The van der Waals surface area contributed by atoms with Gasteiger partial charge in [-0.05, 0) is 23.6 Å². The third-order valence-electron chi connectivity index (χ3n) is 1.91. The molecule has 0 fully saturated rings. The summed E-state index contributed by atoms with van der Waals surface area (Å²) in [6.07, 6.45) is 0. The fourth-order valence-corrected chi connectivity index (χ4v) is 3.00. The lowest BCUT2D eigenvalue weighted by Gasteiger charge is -2.01. The van der Waals surface area contributed by atoms with Crippen LogP contribution in [0.2, 0.25) is 0 Å². The predicted octanol–water partition coefficient (Wildman–Crippen LogP) is 3.39. The van der Waals surface area contributed by atoms with Crippen molar-refractivity contribution < 1.29 is 4.92 Å². The molecule has 0 aliphatic rings. The van der Waals surface area contributed by atoms with Crippen molar-refractivity contribution in [1.82, 2.24) is 0 Å². The number of nitro benzene ring substituents is 1. The maximum Gasteiger partial charge on any atom is 0.292 e. The number of anilines is 1. The fourth-order valence-electron chi connectivity index (χ4n) is 1.20. The van der Waals surface area contributed by atoms with E-state index >= 15 is 0 Å². The summed E-state index contributed by atoms with van der Waals surface area (Å²) < 4.78 is 1.13. The minimum Gasteiger partial charge on any atom is -0.393 e. The summed E-state index contributed by atoms with van der Waals surface area (Å²) in [6, 6.07) is 8.72. The van der Waals surface area contributed by atoms with E-state index in [1.165, 1.54) is 6.07 Å². The lowest BCUT2D eigenvalue weighted by molar-refractivity contribution is -0.383. The number of nitrogens with zero attached hydrogens (tertiary/aromatic N) is 1. The molecular formula is C10H8N2O2S2. The van der Waals surface area contributed by atoms with Gasteiger partial charge in [-0.15, -0.1) is 11.3 Å². The molecule has 1 aromatic carbocycles. The molecular weight excluding hydrogens is 244 g/mol. The van der Waals surface area contributed by atoms with Crippen LogP contribution in [-0.4, -0.2) is 4.92 Å². The second-order valence-corrected chi connectivity index (χ2v) is 5.33. The smallest absolute Gasteiger partial charge is 0.292 e. The van der Waals surface area contributed by atoms with E-state index in [9.17, 15) is 10.1 Å². The van der Waals surface area contributed by atoms with Crippen LogP contribution < -0.4 is 5.73 Å². The Balaban J connectivity index is 2.24. The summed E-state index contributed by atoms with van der Waals surface area (Å²) in [4.78, 5) is 11.0. The molecule has 0 amide bonds. The van der Waals surface area contributed by atoms with Crippen LogP contribution in [0.25, 0.3) is 0 Å². The van der Waals surface area contributed by atoms with Gasteiger partial charge in [0, 0.05) is 11.0 Å². The van der Waals surface area contributed by atoms with Crippen molar-refractivity contribution >= 4 is 34.5 Å². The van der Waals surface area contributed by atoms with Gasteiger partial charge in [0.1, 0.15) is 5.69 Å². The maximum absolute atomic E-state index is 10.6. The van der Waals surface area contributed by atoms with Crippen molar-refractivity contribution in [3.63, 3.8) is 0 Å². The van der Waals surface area contributed by atoms with Gasteiger partial charge in [0.05, 0.1) is 9.13 Å². The number of hydrogen-bond donors (Lipinski definition) is 1. The number of rotatable bonds is 3. The Kier molecular flexibility index (Phi) is 3.12. The predicted molar refractivity (Wildman–Crippen MR) is 66.0 cm³/mol. The van der Waals surface area contributed by atoms with Gasteiger partial charge in [0.2, 0.25) is 0 Å². The molecule has 0 radical (unpaired) electrons. The van der Waals surface area contributed by atoms with Gasteiger partial charge in [-0.25, -0.2) is 0 Å². The summed E-state index contributed by atoms with van der Waals surface area (Å²) in [7, 11) is 0. The number of nitrogen functional groups attached to an aromatic ring is 1. The van der Waals surface area contributed by atoms with E-state index in [4.69, 9.17) is 5.73 Å². The third kappa shape index (κ3) is 2.34. The number of hydrogen-bond acceptors (Lipinski definition) is 5. The molecule has 0 saturated heterocycles. The van der Waals surface area contributed by atoms with Crippen molar-refractivity contribution in [1.29, 1.82) is 0 Å². The molecule has 0 unspecified atom stereocenters. The molecule has 0 aliphatic heterocycles. The summed E-state index contributed by atoms with van der Waals surface area (Å²) in [5, 5.41) is 12.6. The zero-order valence-corrected chi connectivity index (χ0v) is 9.75. The van der Waals surface area contributed by atoms with Gasteiger partial charge >= 0.3 is 0 Å². The topological polar surface area (TPSA) is 69.2 Å². The quantitative estimate of drug-likeness (QED) is 0.516. The van der Waals surface area contributed by atoms with E-state index in [-0.39, 0.29) is 11.4 Å². The van der Waals surface area contributed by atoms with Crippen LogP contribution >= 0.6 is 23.1 Å². The zero-order chi connectivity index (χ0) is 11.5. The molecule has 1 heterocycles. The Morgan fingerprint density at radius 1 is 1.38 bits per heavy atom. The van der Waals surface area contributed by atoms with E-state index in [0.29, 0.717) is 0 Å². The molecule has 2 aromatic rings. The van der Waals surface area contributed by atoms with Crippen LogP contribution in [0, 0.1) is 10.1 Å². The van der Waals surface area contributed by atoms with Crippen molar-refractivity contribution in [3.05, 3.63) is 45.8 Å². The van der Waals surface area contributed by atoms with Crippen LogP contribution in [0.3, 0.4) is 0 Å². The first-order chi connectivity index (χ1) is 7.66. The molecule has 0 bridgehead atoms. The molecule has 0 aliphatic carbocycles. The minimum absolute atomic E-state index is 0.0458. The van der Waals surface area contributed by atoms with Crippen molar-refractivity contribution in [2.24, 2.45) is 0 Å². The largest absolute Gasteiger partial charge is 0.393 e.